The molecule has 0 spiro atoms. The molecule has 0 bridgehead atoms. The van der Waals surface area contributed by atoms with Gasteiger partial charge in [0, 0.05) is 45.0 Å². The molecule has 4 rings (SSSR count). The third-order valence-electron chi connectivity index (χ3n) is 5.74. The number of nitrogens with one attached hydrogen (secondary N) is 2. The molecule has 0 aromatic carbocycles. The molecule has 2 N–H and O–H groups in total. The number of fused-ring (bicyclic) bond motifs is 1. The first-order valence-corrected chi connectivity index (χ1v) is 10.1. The van der Waals surface area contributed by atoms with Crippen molar-refractivity contribution < 1.29 is 9.47 Å². The van der Waals surface area contributed by atoms with Crippen LogP contribution in [0.1, 0.15) is 42.4 Å². The van der Waals surface area contributed by atoms with Gasteiger partial charge in [0.15, 0.2) is 0 Å². The van der Waals surface area contributed by atoms with E-state index in [4.69, 9.17) is 14.5 Å². The number of likely N-dealkylation sites (N-methyl/N-ethyl adjacent to an activating group) is 1. The first-order valence-electron chi connectivity index (χ1n) is 10.1. The van der Waals surface area contributed by atoms with E-state index in [9.17, 15) is 5.26 Å². The molecule has 1 aromatic rings. The van der Waals surface area contributed by atoms with Gasteiger partial charge in [0.2, 0.25) is 0 Å². The number of hydrogen-bond donors (Lipinski definition) is 2. The number of nitrogens with zero attached hydrogens (tertiary/aromatic N) is 3. The molecule has 2 atom stereocenters. The van der Waals surface area contributed by atoms with Crippen LogP contribution in [-0.4, -0.2) is 62.0 Å². The molecule has 27 heavy (non-hydrogen) atoms. The largest absolute Gasteiger partial charge is 0.376 e. The Hall–Kier alpha value is -1.88. The normalized spacial score (nSPS) is 25.2. The lowest BCUT2D eigenvalue weighted by Crippen LogP contribution is -2.30. The van der Waals surface area contributed by atoms with Crippen molar-refractivity contribution in [3.63, 3.8) is 0 Å². The summed E-state index contributed by atoms with van der Waals surface area (Å²) in [5, 5.41) is 16.7. The molecule has 146 valence electrons. The second-order valence-corrected chi connectivity index (χ2v) is 7.77. The Labute approximate surface area is 161 Å². The molecule has 0 saturated carbocycles. The topological polar surface area (TPSA) is 82.4 Å². The Morgan fingerprint density at radius 1 is 1.07 bits per heavy atom. The van der Waals surface area contributed by atoms with Crippen molar-refractivity contribution in [1.82, 2.24) is 9.88 Å². The Bertz CT molecular complexity index is 705. The van der Waals surface area contributed by atoms with Crippen LogP contribution in [0.15, 0.2) is 0 Å². The molecule has 2 saturated heterocycles. The lowest BCUT2D eigenvalue weighted by atomic mass is 9.95. The van der Waals surface area contributed by atoms with Gasteiger partial charge in [-0.15, -0.1) is 0 Å². The summed E-state index contributed by atoms with van der Waals surface area (Å²) >= 11 is 0. The predicted molar refractivity (Wildman–Crippen MR) is 104 cm³/mol. The molecule has 0 radical (unpaired) electrons. The van der Waals surface area contributed by atoms with Crippen LogP contribution < -0.4 is 10.6 Å². The maximum atomic E-state index is 9.81. The minimum atomic E-state index is 0.212. The van der Waals surface area contributed by atoms with Crippen LogP contribution in [0.4, 0.5) is 11.6 Å². The average Bonchev–Trinajstić information content (AvgIpc) is 3.38. The monoisotopic (exact) mass is 371 g/mol. The summed E-state index contributed by atoms with van der Waals surface area (Å²) in [6, 6.07) is 2.40. The second-order valence-electron chi connectivity index (χ2n) is 7.77. The predicted octanol–water partition coefficient (Wildman–Crippen LogP) is 2.12. The van der Waals surface area contributed by atoms with E-state index in [-0.39, 0.29) is 12.2 Å². The summed E-state index contributed by atoms with van der Waals surface area (Å²) in [6.45, 7) is 4.92. The van der Waals surface area contributed by atoms with Gasteiger partial charge in [-0.05, 0) is 44.7 Å². The van der Waals surface area contributed by atoms with Crippen LogP contribution in [0.25, 0.3) is 0 Å². The number of ether oxygens (including phenoxy) is 2. The maximum Gasteiger partial charge on any atom is 0.146 e. The number of rotatable bonds is 6. The lowest BCUT2D eigenvalue weighted by Gasteiger charge is -2.29. The van der Waals surface area contributed by atoms with E-state index in [1.54, 1.807) is 0 Å². The minimum Gasteiger partial charge on any atom is -0.376 e. The fourth-order valence-electron chi connectivity index (χ4n) is 4.20. The van der Waals surface area contributed by atoms with Crippen LogP contribution in [0.5, 0.6) is 0 Å². The summed E-state index contributed by atoms with van der Waals surface area (Å²) in [4.78, 5) is 7.11. The number of anilines is 2. The SMILES string of the molecule is CN1CCc2c(C#N)c(NCC3CCCO3)nc(NCC3CCCO3)c2C1. The van der Waals surface area contributed by atoms with Gasteiger partial charge in [-0.3, -0.25) is 0 Å². The van der Waals surface area contributed by atoms with Gasteiger partial charge in [-0.25, -0.2) is 4.98 Å². The van der Waals surface area contributed by atoms with Crippen molar-refractivity contribution in [3.8, 4) is 6.07 Å². The lowest BCUT2D eigenvalue weighted by molar-refractivity contribution is 0.120. The van der Waals surface area contributed by atoms with E-state index in [0.29, 0.717) is 17.9 Å². The zero-order chi connectivity index (χ0) is 18.6. The van der Waals surface area contributed by atoms with Crippen LogP contribution in [0, 0.1) is 11.3 Å². The van der Waals surface area contributed by atoms with Crippen molar-refractivity contribution >= 4 is 11.6 Å². The molecular formula is C20H29N5O2. The number of hydrogen-bond acceptors (Lipinski definition) is 7. The van der Waals surface area contributed by atoms with Crippen LogP contribution >= 0.6 is 0 Å². The van der Waals surface area contributed by atoms with Gasteiger partial charge in [0.1, 0.15) is 17.7 Å². The summed E-state index contributed by atoms with van der Waals surface area (Å²) in [5.41, 5.74) is 2.98. The zero-order valence-electron chi connectivity index (χ0n) is 16.1. The van der Waals surface area contributed by atoms with Crippen molar-refractivity contribution in [2.45, 2.75) is 50.9 Å². The summed E-state index contributed by atoms with van der Waals surface area (Å²) in [6.07, 6.45) is 5.73. The first kappa shape index (κ1) is 18.5. The summed E-state index contributed by atoms with van der Waals surface area (Å²) in [5.74, 6) is 1.58. The highest BCUT2D eigenvalue weighted by atomic mass is 16.5. The Balaban J connectivity index is 1.58. The molecule has 4 heterocycles. The zero-order valence-corrected chi connectivity index (χ0v) is 16.1. The Morgan fingerprint density at radius 3 is 2.33 bits per heavy atom. The average molecular weight is 371 g/mol. The minimum absolute atomic E-state index is 0.212. The van der Waals surface area contributed by atoms with E-state index in [2.05, 4.69) is 28.7 Å². The third-order valence-corrected chi connectivity index (χ3v) is 5.74. The highest BCUT2D eigenvalue weighted by Crippen LogP contribution is 2.32. The van der Waals surface area contributed by atoms with Crippen LogP contribution in [0.3, 0.4) is 0 Å². The highest BCUT2D eigenvalue weighted by Gasteiger charge is 2.26. The Morgan fingerprint density at radius 2 is 1.74 bits per heavy atom. The van der Waals surface area contributed by atoms with Gasteiger partial charge < -0.3 is 25.0 Å². The third kappa shape index (κ3) is 4.18. The number of aromatic nitrogens is 1. The van der Waals surface area contributed by atoms with Crippen molar-refractivity contribution in [2.75, 3.05) is 50.5 Å². The quantitative estimate of drug-likeness (QED) is 0.792. The summed E-state index contributed by atoms with van der Waals surface area (Å²) in [7, 11) is 2.11. The molecule has 2 fully saturated rings. The van der Waals surface area contributed by atoms with Gasteiger partial charge >= 0.3 is 0 Å². The first-order chi connectivity index (χ1) is 13.2. The standard InChI is InChI=1S/C20H29N5O2/c1-25-7-6-16-17(10-21)19(22-11-14-4-2-8-26-14)24-20(18(16)13-25)23-12-15-5-3-9-27-15/h14-15H,2-9,11-13H2,1H3,(H2,22,23,24). The fourth-order valence-corrected chi connectivity index (χ4v) is 4.20. The highest BCUT2D eigenvalue weighted by molar-refractivity contribution is 5.66. The maximum absolute atomic E-state index is 9.81. The molecule has 2 unspecified atom stereocenters. The second kappa shape index (κ2) is 8.42. The van der Waals surface area contributed by atoms with Gasteiger partial charge in [0.05, 0.1) is 17.8 Å². The van der Waals surface area contributed by atoms with Gasteiger partial charge in [-0.1, -0.05) is 0 Å². The molecule has 3 aliphatic rings. The van der Waals surface area contributed by atoms with Gasteiger partial charge in [-0.2, -0.15) is 5.26 Å². The van der Waals surface area contributed by atoms with Crippen molar-refractivity contribution in [2.24, 2.45) is 0 Å². The molecule has 3 aliphatic heterocycles. The smallest absolute Gasteiger partial charge is 0.146 e. The number of nitriles is 1. The van der Waals surface area contributed by atoms with E-state index >= 15 is 0 Å². The van der Waals surface area contributed by atoms with Gasteiger partial charge in [0.25, 0.3) is 0 Å². The molecule has 7 nitrogen and oxygen atoms in total. The fraction of sp³-hybridized carbons (Fsp3) is 0.700. The van der Waals surface area contributed by atoms with E-state index < -0.39 is 0 Å². The van der Waals surface area contributed by atoms with Crippen LogP contribution in [-0.2, 0) is 22.4 Å². The molecule has 7 heteroatoms. The van der Waals surface area contributed by atoms with Crippen molar-refractivity contribution in [3.05, 3.63) is 16.7 Å². The molecule has 1 aromatic heterocycles. The number of pyridine rings is 1. The molecule has 0 aliphatic carbocycles. The molecular weight excluding hydrogens is 342 g/mol. The van der Waals surface area contributed by atoms with E-state index in [1.165, 1.54) is 0 Å². The van der Waals surface area contributed by atoms with Crippen molar-refractivity contribution in [1.29, 1.82) is 5.26 Å². The van der Waals surface area contributed by atoms with Crippen LogP contribution in [0.2, 0.25) is 0 Å². The Kier molecular flexibility index (Phi) is 5.77. The van der Waals surface area contributed by atoms with E-state index in [1.807, 2.05) is 0 Å². The summed E-state index contributed by atoms with van der Waals surface area (Å²) < 4.78 is 11.5. The molecule has 0 amide bonds. The van der Waals surface area contributed by atoms with E-state index in [0.717, 1.165) is 81.9 Å².